The van der Waals surface area contributed by atoms with Gasteiger partial charge in [0.15, 0.2) is 0 Å². The van der Waals surface area contributed by atoms with Crippen LogP contribution in [0, 0.1) is 5.92 Å². The Morgan fingerprint density at radius 1 is 1.44 bits per heavy atom. The topological polar surface area (TPSA) is 92.9 Å². The molecule has 0 aromatic carbocycles. The molecule has 1 aliphatic heterocycles. The predicted octanol–water partition coefficient (Wildman–Crippen LogP) is 1.05. The van der Waals surface area contributed by atoms with E-state index in [0.717, 1.165) is 12.8 Å². The highest BCUT2D eigenvalue weighted by Crippen LogP contribution is 2.21. The Hall–Kier alpha value is -1.30. The Morgan fingerprint density at radius 3 is 2.56 bits per heavy atom. The number of ether oxygens (including phenoxy) is 1. The monoisotopic (exact) mass is 258 g/mol. The number of carbonyl (C=O) groups is 2. The number of hydrogen-bond acceptors (Lipinski definition) is 4. The number of nitrogens with two attached hydrogens (primary N) is 1. The highest BCUT2D eigenvalue weighted by molar-refractivity contribution is 5.74. The minimum absolute atomic E-state index is 0.205. The number of likely N-dealkylation sites (tertiary alicyclic amines) is 1. The van der Waals surface area contributed by atoms with Crippen molar-refractivity contribution < 1.29 is 19.4 Å². The molecule has 0 aliphatic carbocycles. The van der Waals surface area contributed by atoms with Crippen molar-refractivity contribution in [2.24, 2.45) is 11.7 Å². The molecular weight excluding hydrogens is 236 g/mol. The van der Waals surface area contributed by atoms with E-state index in [1.165, 1.54) is 0 Å². The molecule has 0 bridgehead atoms. The summed E-state index contributed by atoms with van der Waals surface area (Å²) in [5.74, 6) is -1.23. The van der Waals surface area contributed by atoms with E-state index in [4.69, 9.17) is 15.6 Å². The summed E-state index contributed by atoms with van der Waals surface area (Å²) in [4.78, 5) is 24.3. The highest BCUT2D eigenvalue weighted by Gasteiger charge is 2.32. The molecule has 1 saturated heterocycles. The Bertz CT molecular complexity index is 325. The van der Waals surface area contributed by atoms with Crippen molar-refractivity contribution in [3.8, 4) is 0 Å². The second-order valence-corrected chi connectivity index (χ2v) is 5.69. The largest absolute Gasteiger partial charge is 0.480 e. The maximum absolute atomic E-state index is 11.9. The predicted molar refractivity (Wildman–Crippen MR) is 66.1 cm³/mol. The van der Waals surface area contributed by atoms with Crippen LogP contribution in [-0.4, -0.2) is 46.8 Å². The zero-order valence-electron chi connectivity index (χ0n) is 11.2. The van der Waals surface area contributed by atoms with Crippen LogP contribution in [0.15, 0.2) is 0 Å². The summed E-state index contributed by atoms with van der Waals surface area (Å²) < 4.78 is 5.26. The Balaban J connectivity index is 2.58. The molecule has 1 unspecified atom stereocenters. The number of carboxylic acid groups (broad SMARTS) is 1. The van der Waals surface area contributed by atoms with E-state index in [1.54, 1.807) is 25.7 Å². The van der Waals surface area contributed by atoms with Crippen LogP contribution in [0.4, 0.5) is 4.79 Å². The molecule has 6 heteroatoms. The lowest BCUT2D eigenvalue weighted by atomic mass is 9.91. The third-order valence-electron chi connectivity index (χ3n) is 2.90. The van der Waals surface area contributed by atoms with Crippen molar-refractivity contribution in [3.63, 3.8) is 0 Å². The van der Waals surface area contributed by atoms with Crippen molar-refractivity contribution in [2.45, 2.75) is 45.3 Å². The first-order valence-electron chi connectivity index (χ1n) is 6.17. The molecule has 1 fully saturated rings. The number of carboxylic acids is 1. The zero-order valence-corrected chi connectivity index (χ0v) is 11.2. The molecule has 0 aromatic heterocycles. The molecule has 1 heterocycles. The van der Waals surface area contributed by atoms with Crippen LogP contribution in [0.5, 0.6) is 0 Å². The summed E-state index contributed by atoms with van der Waals surface area (Å²) in [6, 6.07) is -0.921. The van der Waals surface area contributed by atoms with E-state index in [1.807, 2.05) is 0 Å². The standard InChI is InChI=1S/C12H22N2O4/c1-12(2,3)18-11(17)14-6-4-5-8(7-14)9(13)10(15)16/h8-9H,4-7,13H2,1-3H3,(H,15,16)/t8?,9-/m0/s1. The average Bonchev–Trinajstić information content (AvgIpc) is 2.25. The van der Waals surface area contributed by atoms with Gasteiger partial charge >= 0.3 is 12.1 Å². The van der Waals surface area contributed by atoms with Gasteiger partial charge in [-0.25, -0.2) is 4.79 Å². The third-order valence-corrected chi connectivity index (χ3v) is 2.90. The fourth-order valence-electron chi connectivity index (χ4n) is 2.00. The number of aliphatic carboxylic acids is 1. The summed E-state index contributed by atoms with van der Waals surface area (Å²) in [7, 11) is 0. The molecule has 0 spiro atoms. The van der Waals surface area contributed by atoms with E-state index >= 15 is 0 Å². The fraction of sp³-hybridized carbons (Fsp3) is 0.833. The summed E-state index contributed by atoms with van der Waals surface area (Å²) >= 11 is 0. The molecule has 18 heavy (non-hydrogen) atoms. The molecule has 1 amide bonds. The quantitative estimate of drug-likeness (QED) is 0.772. The molecule has 2 atom stereocenters. The molecule has 0 saturated carbocycles. The van der Waals surface area contributed by atoms with Gasteiger partial charge in [0.05, 0.1) is 0 Å². The van der Waals surface area contributed by atoms with Gasteiger partial charge in [-0.05, 0) is 33.6 Å². The number of hydrogen-bond donors (Lipinski definition) is 2. The summed E-state index contributed by atoms with van der Waals surface area (Å²) in [5.41, 5.74) is 5.06. The normalized spacial score (nSPS) is 22.4. The molecule has 6 nitrogen and oxygen atoms in total. The smallest absolute Gasteiger partial charge is 0.410 e. The lowest BCUT2D eigenvalue weighted by molar-refractivity contribution is -0.140. The van der Waals surface area contributed by atoms with Crippen LogP contribution in [-0.2, 0) is 9.53 Å². The zero-order chi connectivity index (χ0) is 13.9. The minimum atomic E-state index is -1.02. The third kappa shape index (κ3) is 4.18. The van der Waals surface area contributed by atoms with Crippen LogP contribution in [0.25, 0.3) is 0 Å². The first-order valence-corrected chi connectivity index (χ1v) is 6.17. The molecule has 1 aliphatic rings. The fourth-order valence-corrected chi connectivity index (χ4v) is 2.00. The van der Waals surface area contributed by atoms with Gasteiger partial charge in [-0.2, -0.15) is 0 Å². The Labute approximate surface area is 107 Å². The lowest BCUT2D eigenvalue weighted by Crippen LogP contribution is -2.49. The average molecular weight is 258 g/mol. The van der Waals surface area contributed by atoms with Crippen LogP contribution in [0.1, 0.15) is 33.6 Å². The maximum atomic E-state index is 11.9. The minimum Gasteiger partial charge on any atom is -0.480 e. The van der Waals surface area contributed by atoms with E-state index in [9.17, 15) is 9.59 Å². The molecule has 104 valence electrons. The maximum Gasteiger partial charge on any atom is 0.410 e. The summed E-state index contributed by atoms with van der Waals surface area (Å²) in [6.45, 7) is 6.35. The van der Waals surface area contributed by atoms with Crippen molar-refractivity contribution in [2.75, 3.05) is 13.1 Å². The van der Waals surface area contributed by atoms with Gasteiger partial charge in [-0.1, -0.05) is 0 Å². The van der Waals surface area contributed by atoms with Crippen LogP contribution >= 0.6 is 0 Å². The van der Waals surface area contributed by atoms with E-state index in [2.05, 4.69) is 0 Å². The van der Waals surface area contributed by atoms with Gasteiger partial charge in [-0.3, -0.25) is 4.79 Å². The second kappa shape index (κ2) is 5.56. The summed E-state index contributed by atoms with van der Waals surface area (Å²) in [6.07, 6.45) is 1.09. The van der Waals surface area contributed by atoms with Crippen molar-refractivity contribution in [1.82, 2.24) is 4.90 Å². The SMILES string of the molecule is CC(C)(C)OC(=O)N1CCCC([C@H](N)C(=O)O)C1. The van der Waals surface area contributed by atoms with Crippen molar-refractivity contribution in [3.05, 3.63) is 0 Å². The molecule has 0 aromatic rings. The highest BCUT2D eigenvalue weighted by atomic mass is 16.6. The van der Waals surface area contributed by atoms with Gasteiger partial charge in [0, 0.05) is 19.0 Å². The van der Waals surface area contributed by atoms with E-state index < -0.39 is 23.7 Å². The Morgan fingerprint density at radius 2 is 2.06 bits per heavy atom. The van der Waals surface area contributed by atoms with E-state index in [-0.39, 0.29) is 5.92 Å². The van der Waals surface area contributed by atoms with Crippen molar-refractivity contribution in [1.29, 1.82) is 0 Å². The molecule has 0 radical (unpaired) electrons. The van der Waals surface area contributed by atoms with Crippen LogP contribution < -0.4 is 5.73 Å². The van der Waals surface area contributed by atoms with Gasteiger partial charge in [0.2, 0.25) is 0 Å². The number of piperidine rings is 1. The first kappa shape index (κ1) is 14.8. The number of amides is 1. The molecule has 3 N–H and O–H groups in total. The van der Waals surface area contributed by atoms with E-state index in [0.29, 0.717) is 13.1 Å². The first-order chi connectivity index (χ1) is 8.20. The molecule has 1 rings (SSSR count). The van der Waals surface area contributed by atoms with Gasteiger partial charge in [0.1, 0.15) is 11.6 Å². The number of rotatable bonds is 2. The number of carbonyl (C=O) groups excluding carboxylic acids is 1. The molecular formula is C12H22N2O4. The van der Waals surface area contributed by atoms with Gasteiger partial charge < -0.3 is 20.5 Å². The van der Waals surface area contributed by atoms with Gasteiger partial charge in [0.25, 0.3) is 0 Å². The van der Waals surface area contributed by atoms with Gasteiger partial charge in [-0.15, -0.1) is 0 Å². The summed E-state index contributed by atoms with van der Waals surface area (Å²) in [5, 5.41) is 8.89. The van der Waals surface area contributed by atoms with Crippen LogP contribution in [0.2, 0.25) is 0 Å². The number of nitrogens with zero attached hydrogens (tertiary/aromatic N) is 1. The Kier molecular flexibility index (Phi) is 4.56. The lowest BCUT2D eigenvalue weighted by Gasteiger charge is -2.35. The van der Waals surface area contributed by atoms with Crippen LogP contribution in [0.3, 0.4) is 0 Å². The second-order valence-electron chi connectivity index (χ2n) is 5.69. The van der Waals surface area contributed by atoms with Crippen molar-refractivity contribution >= 4 is 12.1 Å².